The van der Waals surface area contributed by atoms with Crippen molar-refractivity contribution in [2.75, 3.05) is 44.3 Å². The molecule has 10 nitrogen and oxygen atoms in total. The maximum absolute atomic E-state index is 12.4. The Hall–Kier alpha value is -3.40. The maximum Gasteiger partial charge on any atom is 0.410 e. The van der Waals surface area contributed by atoms with Gasteiger partial charge in [0.05, 0.1) is 25.6 Å². The number of hydrogen-bond acceptors (Lipinski definition) is 8. The molecule has 2 fully saturated rings. The Morgan fingerprint density at radius 3 is 2.56 bits per heavy atom. The monoisotopic (exact) mass is 466 g/mol. The normalized spacial score (nSPS) is 17.0. The first kappa shape index (κ1) is 22.4. The van der Waals surface area contributed by atoms with Crippen molar-refractivity contribution in [2.24, 2.45) is 0 Å². The minimum absolute atomic E-state index is 0.0620. The van der Waals surface area contributed by atoms with E-state index in [2.05, 4.69) is 9.88 Å². The Balaban J connectivity index is 1.40. The zero-order valence-corrected chi connectivity index (χ0v) is 19.8. The quantitative estimate of drug-likeness (QED) is 0.566. The number of aromatic nitrogens is 4. The molecule has 0 unspecified atom stereocenters. The largest absolute Gasteiger partial charge is 0.471 e. The van der Waals surface area contributed by atoms with Crippen molar-refractivity contribution >= 4 is 23.2 Å². The number of amides is 1. The summed E-state index contributed by atoms with van der Waals surface area (Å²) in [7, 11) is 0. The van der Waals surface area contributed by atoms with E-state index in [-0.39, 0.29) is 12.1 Å². The summed E-state index contributed by atoms with van der Waals surface area (Å²) in [4.78, 5) is 30.3. The molecule has 0 bridgehead atoms. The van der Waals surface area contributed by atoms with Crippen LogP contribution in [0.1, 0.15) is 32.4 Å². The van der Waals surface area contributed by atoms with Crippen molar-refractivity contribution in [3.8, 4) is 5.88 Å². The number of likely N-dealkylation sites (tertiary alicyclic amines) is 1. The van der Waals surface area contributed by atoms with Gasteiger partial charge in [-0.2, -0.15) is 9.97 Å². The number of carbonyl (C=O) groups excluding carboxylic acids is 1. The van der Waals surface area contributed by atoms with E-state index in [1.807, 2.05) is 55.7 Å². The Morgan fingerprint density at radius 1 is 1.12 bits per heavy atom. The van der Waals surface area contributed by atoms with Crippen molar-refractivity contribution < 1.29 is 19.0 Å². The van der Waals surface area contributed by atoms with Gasteiger partial charge >= 0.3 is 6.09 Å². The summed E-state index contributed by atoms with van der Waals surface area (Å²) < 4.78 is 19.1. The highest BCUT2D eigenvalue weighted by atomic mass is 16.6. The summed E-state index contributed by atoms with van der Waals surface area (Å²) in [5.74, 6) is 1.06. The molecule has 0 aliphatic carbocycles. The van der Waals surface area contributed by atoms with Crippen molar-refractivity contribution in [3.05, 3.63) is 42.2 Å². The fraction of sp³-hybridized carbons (Fsp3) is 0.500. The lowest BCUT2D eigenvalue weighted by molar-refractivity contribution is 0.00144. The van der Waals surface area contributed by atoms with Crippen molar-refractivity contribution in [1.29, 1.82) is 0 Å². The van der Waals surface area contributed by atoms with E-state index >= 15 is 0 Å². The zero-order valence-electron chi connectivity index (χ0n) is 19.8. The molecule has 34 heavy (non-hydrogen) atoms. The van der Waals surface area contributed by atoms with E-state index in [1.165, 1.54) is 0 Å². The first-order valence-corrected chi connectivity index (χ1v) is 11.6. The molecule has 4 heterocycles. The van der Waals surface area contributed by atoms with E-state index in [1.54, 1.807) is 11.2 Å². The highest BCUT2D eigenvalue weighted by molar-refractivity contribution is 5.78. The van der Waals surface area contributed by atoms with Crippen LogP contribution in [0.2, 0.25) is 0 Å². The van der Waals surface area contributed by atoms with Gasteiger partial charge in [0.15, 0.2) is 11.2 Å². The second-order valence-corrected chi connectivity index (χ2v) is 9.57. The lowest BCUT2D eigenvalue weighted by atomic mass is 10.1. The van der Waals surface area contributed by atoms with Gasteiger partial charge in [0.2, 0.25) is 11.8 Å². The summed E-state index contributed by atoms with van der Waals surface area (Å²) in [5.41, 5.74) is 1.85. The van der Waals surface area contributed by atoms with Gasteiger partial charge in [-0.25, -0.2) is 9.78 Å². The molecule has 0 atom stereocenters. The molecule has 0 N–H and O–H groups in total. The molecule has 2 aliphatic heterocycles. The molecule has 2 aromatic heterocycles. The van der Waals surface area contributed by atoms with Gasteiger partial charge in [0, 0.05) is 26.2 Å². The third-order valence-corrected chi connectivity index (χ3v) is 5.80. The second kappa shape index (κ2) is 9.09. The number of hydrogen-bond donors (Lipinski definition) is 0. The molecule has 180 valence electrons. The molecule has 1 aromatic carbocycles. The van der Waals surface area contributed by atoms with E-state index in [4.69, 9.17) is 24.2 Å². The topological polar surface area (TPSA) is 94.8 Å². The third-order valence-electron chi connectivity index (χ3n) is 5.80. The number of carbonyl (C=O) groups is 1. The summed E-state index contributed by atoms with van der Waals surface area (Å²) in [5, 5.41) is 0. The first-order chi connectivity index (χ1) is 16.4. The molecule has 3 aromatic rings. The summed E-state index contributed by atoms with van der Waals surface area (Å²) in [6.45, 7) is 9.77. The minimum Gasteiger partial charge on any atom is -0.471 e. The molecule has 2 aliphatic rings. The van der Waals surface area contributed by atoms with Crippen LogP contribution < -0.4 is 9.64 Å². The number of imidazole rings is 1. The SMILES string of the molecule is CC(C)(C)OC(=O)N1CC(n2cnc3c(OCc4ccccc4)nc(N4CCOCC4)nc32)C1. The van der Waals surface area contributed by atoms with Crippen LogP contribution in [0.25, 0.3) is 11.2 Å². The highest BCUT2D eigenvalue weighted by Crippen LogP contribution is 2.31. The number of benzene rings is 1. The van der Waals surface area contributed by atoms with Crippen molar-refractivity contribution in [3.63, 3.8) is 0 Å². The number of anilines is 1. The molecular weight excluding hydrogens is 436 g/mol. The van der Waals surface area contributed by atoms with Gasteiger partial charge in [0.25, 0.3) is 0 Å². The van der Waals surface area contributed by atoms with E-state index in [0.29, 0.717) is 69.0 Å². The molecule has 2 saturated heterocycles. The predicted molar refractivity (Wildman–Crippen MR) is 126 cm³/mol. The average molecular weight is 467 g/mol. The van der Waals surface area contributed by atoms with E-state index in [9.17, 15) is 4.79 Å². The number of morpholine rings is 1. The van der Waals surface area contributed by atoms with Gasteiger partial charge in [-0.1, -0.05) is 30.3 Å². The second-order valence-electron chi connectivity index (χ2n) is 9.57. The van der Waals surface area contributed by atoms with Crippen LogP contribution in [-0.2, 0) is 16.1 Å². The number of fused-ring (bicyclic) bond motifs is 1. The number of ether oxygens (including phenoxy) is 3. The van der Waals surface area contributed by atoms with Crippen LogP contribution in [0.5, 0.6) is 5.88 Å². The lowest BCUT2D eigenvalue weighted by Gasteiger charge is -2.40. The van der Waals surface area contributed by atoms with Crippen LogP contribution >= 0.6 is 0 Å². The fourth-order valence-electron chi connectivity index (χ4n) is 3.99. The fourth-order valence-corrected chi connectivity index (χ4v) is 3.99. The molecule has 0 radical (unpaired) electrons. The van der Waals surface area contributed by atoms with E-state index < -0.39 is 5.60 Å². The molecular formula is C24H30N6O4. The average Bonchev–Trinajstić information content (AvgIpc) is 3.20. The molecule has 1 amide bonds. The highest BCUT2D eigenvalue weighted by Gasteiger charge is 2.36. The molecule has 0 spiro atoms. The number of rotatable bonds is 5. The van der Waals surface area contributed by atoms with Crippen LogP contribution in [0.3, 0.4) is 0 Å². The third kappa shape index (κ3) is 4.77. The van der Waals surface area contributed by atoms with Gasteiger partial charge in [0.1, 0.15) is 12.2 Å². The standard InChI is InChI=1S/C24H30N6O4/c1-24(2,3)34-23(31)29-13-18(14-29)30-16-25-19-20(30)26-22(28-9-11-32-12-10-28)27-21(19)33-15-17-7-5-4-6-8-17/h4-8,16,18H,9-15H2,1-3H3. The van der Waals surface area contributed by atoms with Crippen LogP contribution in [0.4, 0.5) is 10.7 Å². The van der Waals surface area contributed by atoms with Gasteiger partial charge < -0.3 is 28.6 Å². The Labute approximate surface area is 198 Å². The van der Waals surface area contributed by atoms with Gasteiger partial charge in [-0.15, -0.1) is 0 Å². The zero-order chi connectivity index (χ0) is 23.7. The van der Waals surface area contributed by atoms with E-state index in [0.717, 1.165) is 5.56 Å². The Morgan fingerprint density at radius 2 is 1.85 bits per heavy atom. The van der Waals surface area contributed by atoms with Crippen molar-refractivity contribution in [1.82, 2.24) is 24.4 Å². The number of nitrogens with zero attached hydrogens (tertiary/aromatic N) is 6. The Kier molecular flexibility index (Phi) is 5.99. The van der Waals surface area contributed by atoms with Crippen molar-refractivity contribution in [2.45, 2.75) is 39.0 Å². The van der Waals surface area contributed by atoms with Crippen LogP contribution in [0.15, 0.2) is 36.7 Å². The summed E-state index contributed by atoms with van der Waals surface area (Å²) in [6.07, 6.45) is 1.46. The van der Waals surface area contributed by atoms with Gasteiger partial charge in [-0.05, 0) is 26.3 Å². The molecule has 0 saturated carbocycles. The lowest BCUT2D eigenvalue weighted by Crippen LogP contribution is -2.52. The summed E-state index contributed by atoms with van der Waals surface area (Å²) in [6, 6.07) is 10.0. The smallest absolute Gasteiger partial charge is 0.410 e. The maximum atomic E-state index is 12.4. The van der Waals surface area contributed by atoms with Crippen LogP contribution in [0, 0.1) is 0 Å². The van der Waals surface area contributed by atoms with Crippen LogP contribution in [-0.4, -0.2) is 75.5 Å². The first-order valence-electron chi connectivity index (χ1n) is 11.6. The molecule has 10 heteroatoms. The predicted octanol–water partition coefficient (Wildman–Crippen LogP) is 3.03. The minimum atomic E-state index is -0.519. The molecule has 5 rings (SSSR count). The summed E-state index contributed by atoms with van der Waals surface area (Å²) >= 11 is 0. The van der Waals surface area contributed by atoms with Gasteiger partial charge in [-0.3, -0.25) is 0 Å². The Bertz CT molecular complexity index is 1150.